The number of fused-ring (bicyclic) bond motifs is 1. The smallest absolute Gasteiger partial charge is 0.234 e. The number of nitrogens with one attached hydrogen (secondary N) is 2. The van der Waals surface area contributed by atoms with Gasteiger partial charge in [-0.2, -0.15) is 0 Å². The van der Waals surface area contributed by atoms with Crippen LogP contribution >= 0.6 is 0 Å². The van der Waals surface area contributed by atoms with Crippen LogP contribution in [0.2, 0.25) is 0 Å². The lowest BCUT2D eigenvalue weighted by atomic mass is 10.0. The predicted octanol–water partition coefficient (Wildman–Crippen LogP) is 3.15. The summed E-state index contributed by atoms with van der Waals surface area (Å²) in [5, 5.41) is 13.3. The number of aromatic amines is 1. The number of carbonyl (C=O) groups excluding carboxylic acids is 1. The van der Waals surface area contributed by atoms with E-state index in [2.05, 4.69) is 48.2 Å². The van der Waals surface area contributed by atoms with Crippen LogP contribution in [0.15, 0.2) is 85.3 Å². The lowest BCUT2D eigenvalue weighted by Crippen LogP contribution is -2.36. The molecular weight excluding hydrogens is 438 g/mol. The molecule has 0 radical (unpaired) electrons. The fraction of sp³-hybridized carbons (Fsp3) is 0.185. The Labute approximate surface area is 203 Å². The van der Waals surface area contributed by atoms with Gasteiger partial charge in [0.15, 0.2) is 5.82 Å². The third kappa shape index (κ3) is 5.12. The second-order valence-corrected chi connectivity index (χ2v) is 8.47. The number of hydrogen-bond acceptors (Lipinski definition) is 5. The highest BCUT2D eigenvalue weighted by Crippen LogP contribution is 2.25. The van der Waals surface area contributed by atoms with Crippen LogP contribution in [0, 0.1) is 0 Å². The van der Waals surface area contributed by atoms with Crippen LogP contribution in [-0.2, 0) is 24.2 Å². The molecule has 0 saturated heterocycles. The monoisotopic (exact) mass is 465 g/mol. The second kappa shape index (κ2) is 10.3. The Morgan fingerprint density at radius 2 is 1.74 bits per heavy atom. The molecule has 0 spiro atoms. The van der Waals surface area contributed by atoms with E-state index in [1.54, 1.807) is 12.4 Å². The molecule has 3 aromatic heterocycles. The summed E-state index contributed by atoms with van der Waals surface area (Å²) in [6, 6.07) is 21.8. The van der Waals surface area contributed by atoms with Gasteiger partial charge in [0.05, 0.1) is 19.1 Å². The molecule has 0 aliphatic rings. The highest BCUT2D eigenvalue weighted by atomic mass is 16.1. The van der Waals surface area contributed by atoms with Crippen molar-refractivity contribution in [2.24, 2.45) is 5.73 Å². The average Bonchev–Trinajstić information content (AvgIpc) is 3.49. The molecule has 5 aromatic rings. The first-order valence-corrected chi connectivity index (χ1v) is 11.6. The number of nitrogens with zero attached hydrogens (tertiary/aromatic N) is 4. The average molecular weight is 466 g/mol. The summed E-state index contributed by atoms with van der Waals surface area (Å²) in [5.41, 5.74) is 10.0. The molecule has 1 unspecified atom stereocenters. The minimum Gasteiger partial charge on any atom is -0.361 e. The Morgan fingerprint density at radius 1 is 0.971 bits per heavy atom. The Balaban J connectivity index is 1.55. The molecule has 3 heterocycles. The molecule has 35 heavy (non-hydrogen) atoms. The molecule has 5 rings (SSSR count). The van der Waals surface area contributed by atoms with Gasteiger partial charge in [0.25, 0.3) is 0 Å². The molecular formula is C27H27N7O. The first-order valence-electron chi connectivity index (χ1n) is 11.6. The van der Waals surface area contributed by atoms with Gasteiger partial charge >= 0.3 is 0 Å². The van der Waals surface area contributed by atoms with Gasteiger partial charge in [-0.05, 0) is 34.9 Å². The minimum absolute atomic E-state index is 0.0975. The normalized spacial score (nSPS) is 12.0. The number of nitrogens with two attached hydrogens (primary N) is 1. The second-order valence-electron chi connectivity index (χ2n) is 8.47. The van der Waals surface area contributed by atoms with Crippen molar-refractivity contribution in [2.45, 2.75) is 25.4 Å². The van der Waals surface area contributed by atoms with Crippen LogP contribution in [0.4, 0.5) is 0 Å². The molecule has 1 amide bonds. The SMILES string of the molecule is NCC(=O)NC(Cc1c[nH]c2ccccc12)c1nnc(Cc2ccccc2)n1Cc1ccncc1. The summed E-state index contributed by atoms with van der Waals surface area (Å²) in [6.07, 6.45) is 6.71. The molecule has 2 aromatic carbocycles. The van der Waals surface area contributed by atoms with Crippen molar-refractivity contribution in [3.05, 3.63) is 114 Å². The van der Waals surface area contributed by atoms with Gasteiger partial charge in [0.1, 0.15) is 5.82 Å². The van der Waals surface area contributed by atoms with E-state index < -0.39 is 6.04 Å². The minimum atomic E-state index is -0.399. The van der Waals surface area contributed by atoms with Crippen molar-refractivity contribution >= 4 is 16.8 Å². The Morgan fingerprint density at radius 3 is 2.54 bits per heavy atom. The zero-order chi connectivity index (χ0) is 24.0. The third-order valence-electron chi connectivity index (χ3n) is 6.08. The van der Waals surface area contributed by atoms with E-state index in [1.165, 1.54) is 0 Å². The zero-order valence-electron chi connectivity index (χ0n) is 19.3. The van der Waals surface area contributed by atoms with E-state index in [0.29, 0.717) is 25.2 Å². The van der Waals surface area contributed by atoms with Gasteiger partial charge in [0, 0.05) is 42.3 Å². The quantitative estimate of drug-likeness (QED) is 0.309. The molecule has 8 nitrogen and oxygen atoms in total. The summed E-state index contributed by atoms with van der Waals surface area (Å²) < 4.78 is 2.10. The Kier molecular flexibility index (Phi) is 6.63. The highest BCUT2D eigenvalue weighted by molar-refractivity contribution is 5.83. The van der Waals surface area contributed by atoms with Crippen LogP contribution in [-0.4, -0.2) is 37.2 Å². The van der Waals surface area contributed by atoms with Crippen molar-refractivity contribution in [2.75, 3.05) is 6.54 Å². The number of carbonyl (C=O) groups is 1. The Bertz CT molecular complexity index is 1410. The molecule has 0 fully saturated rings. The first kappa shape index (κ1) is 22.5. The number of aromatic nitrogens is 5. The molecule has 0 bridgehead atoms. The number of H-pyrrole nitrogens is 1. The first-order chi connectivity index (χ1) is 17.2. The van der Waals surface area contributed by atoms with Gasteiger partial charge in [-0.15, -0.1) is 10.2 Å². The van der Waals surface area contributed by atoms with Crippen LogP contribution in [0.25, 0.3) is 10.9 Å². The van der Waals surface area contributed by atoms with Gasteiger partial charge in [-0.3, -0.25) is 9.78 Å². The van der Waals surface area contributed by atoms with Gasteiger partial charge in [0.2, 0.25) is 5.91 Å². The molecule has 1 atom stereocenters. The number of hydrogen-bond donors (Lipinski definition) is 3. The lowest BCUT2D eigenvalue weighted by molar-refractivity contribution is -0.120. The van der Waals surface area contributed by atoms with E-state index >= 15 is 0 Å². The summed E-state index contributed by atoms with van der Waals surface area (Å²) in [5.74, 6) is 1.28. The van der Waals surface area contributed by atoms with Crippen LogP contribution in [0.1, 0.15) is 34.4 Å². The van der Waals surface area contributed by atoms with Crippen molar-refractivity contribution in [1.82, 2.24) is 30.0 Å². The summed E-state index contributed by atoms with van der Waals surface area (Å²) in [6.45, 7) is 0.468. The Hall–Kier alpha value is -4.30. The van der Waals surface area contributed by atoms with Crippen LogP contribution < -0.4 is 11.1 Å². The molecule has 176 valence electrons. The number of rotatable bonds is 9. The predicted molar refractivity (Wildman–Crippen MR) is 135 cm³/mol. The zero-order valence-corrected chi connectivity index (χ0v) is 19.3. The fourth-order valence-corrected chi connectivity index (χ4v) is 4.34. The molecule has 0 saturated carbocycles. The fourth-order valence-electron chi connectivity index (χ4n) is 4.34. The number of pyridine rings is 1. The summed E-state index contributed by atoms with van der Waals surface area (Å²) >= 11 is 0. The van der Waals surface area contributed by atoms with Crippen LogP contribution in [0.3, 0.4) is 0 Å². The topological polar surface area (TPSA) is 115 Å². The van der Waals surface area contributed by atoms with Crippen molar-refractivity contribution < 1.29 is 4.79 Å². The number of amides is 1. The van der Waals surface area contributed by atoms with Crippen molar-refractivity contribution in [1.29, 1.82) is 0 Å². The third-order valence-corrected chi connectivity index (χ3v) is 6.08. The number of benzene rings is 2. The largest absolute Gasteiger partial charge is 0.361 e. The molecule has 4 N–H and O–H groups in total. The maximum Gasteiger partial charge on any atom is 0.234 e. The van der Waals surface area contributed by atoms with Crippen molar-refractivity contribution in [3.63, 3.8) is 0 Å². The van der Waals surface area contributed by atoms with Gasteiger partial charge in [-0.25, -0.2) is 0 Å². The van der Waals surface area contributed by atoms with Crippen LogP contribution in [0.5, 0.6) is 0 Å². The molecule has 8 heteroatoms. The van der Waals surface area contributed by atoms with E-state index in [0.717, 1.165) is 33.4 Å². The number of para-hydroxylation sites is 1. The standard InChI is InChI=1S/C27H27N7O/c28-16-26(35)31-24(15-21-17-30-23-9-5-4-8-22(21)23)27-33-32-25(14-19-6-2-1-3-7-19)34(27)18-20-10-12-29-13-11-20/h1-13,17,24,30H,14-16,18,28H2,(H,31,35). The molecule has 0 aliphatic carbocycles. The van der Waals surface area contributed by atoms with Gasteiger partial charge < -0.3 is 20.6 Å². The van der Waals surface area contributed by atoms with Gasteiger partial charge in [-0.1, -0.05) is 48.5 Å². The lowest BCUT2D eigenvalue weighted by Gasteiger charge is -2.20. The summed E-state index contributed by atoms with van der Waals surface area (Å²) in [4.78, 5) is 19.9. The van der Waals surface area contributed by atoms with E-state index in [9.17, 15) is 4.79 Å². The summed E-state index contributed by atoms with van der Waals surface area (Å²) in [7, 11) is 0. The maximum atomic E-state index is 12.4. The van der Waals surface area contributed by atoms with E-state index in [4.69, 9.17) is 5.73 Å². The highest BCUT2D eigenvalue weighted by Gasteiger charge is 2.24. The van der Waals surface area contributed by atoms with E-state index in [1.807, 2.05) is 54.7 Å². The van der Waals surface area contributed by atoms with E-state index in [-0.39, 0.29) is 12.5 Å². The molecule has 0 aliphatic heterocycles. The van der Waals surface area contributed by atoms with Crippen molar-refractivity contribution in [3.8, 4) is 0 Å². The maximum absolute atomic E-state index is 12.4.